The Hall–Kier alpha value is -3.57. The van der Waals surface area contributed by atoms with Gasteiger partial charge in [-0.1, -0.05) is 65.8 Å². The second kappa shape index (κ2) is 13.8. The van der Waals surface area contributed by atoms with Gasteiger partial charge in [0.1, 0.15) is 12.0 Å². The number of carboxylic acids is 1. The minimum atomic E-state index is -1.07. The number of nitrogens with zero attached hydrogens (tertiary/aromatic N) is 3. The second-order valence-electron chi connectivity index (χ2n) is 13.6. The largest absolute Gasteiger partial charge is 0.481 e. The van der Waals surface area contributed by atoms with Gasteiger partial charge in [-0.15, -0.1) is 11.3 Å². The van der Waals surface area contributed by atoms with Crippen molar-refractivity contribution >= 4 is 29.1 Å². The Labute approximate surface area is 269 Å². The van der Waals surface area contributed by atoms with E-state index in [0.717, 1.165) is 21.8 Å². The predicted octanol–water partition coefficient (Wildman–Crippen LogP) is 5.02. The van der Waals surface area contributed by atoms with Gasteiger partial charge in [-0.3, -0.25) is 14.4 Å². The number of hydrogen-bond donors (Lipinski definition) is 3. The average molecular weight is 640 g/mol. The number of carboxylic acid groups (broad SMARTS) is 1. The van der Waals surface area contributed by atoms with Crippen molar-refractivity contribution in [2.75, 3.05) is 6.54 Å². The summed E-state index contributed by atoms with van der Waals surface area (Å²) in [6, 6.07) is 7.50. The number of carbonyl (C=O) groups is 3. The fourth-order valence-corrected chi connectivity index (χ4v) is 6.53. The molecule has 1 saturated heterocycles. The van der Waals surface area contributed by atoms with Crippen LogP contribution in [0.2, 0.25) is 0 Å². The summed E-state index contributed by atoms with van der Waals surface area (Å²) in [6.07, 6.45) is -1.15. The number of rotatable bonds is 12. The van der Waals surface area contributed by atoms with Crippen LogP contribution in [0, 0.1) is 31.1 Å². The lowest BCUT2D eigenvalue weighted by Crippen LogP contribution is -2.49. The maximum atomic E-state index is 14.1. The molecular formula is C34H47N4O6S+. The molecule has 1 aromatic carbocycles. The fraction of sp³-hybridized carbons (Fsp3) is 0.559. The maximum absolute atomic E-state index is 14.1. The van der Waals surface area contributed by atoms with E-state index in [1.54, 1.807) is 17.6 Å². The lowest BCUT2D eigenvalue weighted by Gasteiger charge is -2.29. The molecule has 10 nitrogen and oxygen atoms in total. The van der Waals surface area contributed by atoms with E-state index < -0.39 is 36.0 Å². The lowest BCUT2D eigenvalue weighted by atomic mass is 9.81. The molecule has 1 fully saturated rings. The van der Waals surface area contributed by atoms with Gasteiger partial charge < -0.3 is 20.4 Å². The van der Waals surface area contributed by atoms with Gasteiger partial charge in [0.05, 0.1) is 40.7 Å². The number of thiazole rings is 1. The van der Waals surface area contributed by atoms with E-state index in [0.29, 0.717) is 23.8 Å². The third-order valence-electron chi connectivity index (χ3n) is 9.19. The first-order valence-electron chi connectivity index (χ1n) is 15.6. The summed E-state index contributed by atoms with van der Waals surface area (Å²) in [4.78, 5) is 46.4. The summed E-state index contributed by atoms with van der Waals surface area (Å²) >= 11 is 1.52. The van der Waals surface area contributed by atoms with E-state index >= 15 is 0 Å². The molecule has 2 amide bonds. The van der Waals surface area contributed by atoms with Crippen LogP contribution in [-0.4, -0.2) is 56.6 Å². The molecule has 4 unspecified atom stereocenters. The average Bonchev–Trinajstić information content (AvgIpc) is 3.66. The van der Waals surface area contributed by atoms with E-state index in [4.69, 9.17) is 4.52 Å². The van der Waals surface area contributed by atoms with Crippen molar-refractivity contribution in [2.45, 2.75) is 98.9 Å². The molecule has 244 valence electrons. The quantitative estimate of drug-likeness (QED) is 0.237. The topological polar surface area (TPSA) is 137 Å². The van der Waals surface area contributed by atoms with Crippen molar-refractivity contribution in [2.24, 2.45) is 17.3 Å². The van der Waals surface area contributed by atoms with Crippen molar-refractivity contribution in [3.8, 4) is 10.4 Å². The van der Waals surface area contributed by atoms with Gasteiger partial charge in [-0.2, -0.15) is 0 Å². The van der Waals surface area contributed by atoms with E-state index in [1.807, 2.05) is 50.6 Å². The highest BCUT2D eigenvalue weighted by Crippen LogP contribution is 2.33. The van der Waals surface area contributed by atoms with Crippen LogP contribution >= 0.6 is 11.3 Å². The summed E-state index contributed by atoms with van der Waals surface area (Å²) in [7, 11) is 0. The number of aromatic nitrogens is 2. The first-order valence-corrected chi connectivity index (χ1v) is 16.5. The van der Waals surface area contributed by atoms with Crippen LogP contribution in [0.3, 0.4) is 0 Å². The minimum Gasteiger partial charge on any atom is -0.481 e. The van der Waals surface area contributed by atoms with Gasteiger partial charge in [-0.05, 0) is 34.6 Å². The number of aliphatic hydroxyl groups is 1. The molecular weight excluding hydrogens is 592 g/mol. The first kappa shape index (κ1) is 34.3. The van der Waals surface area contributed by atoms with Crippen LogP contribution in [0.25, 0.3) is 10.4 Å². The number of aliphatic hydroxyl groups excluding tert-OH is 1. The van der Waals surface area contributed by atoms with Gasteiger partial charge in [-0.25, -0.2) is 9.51 Å². The molecule has 1 aliphatic rings. The Morgan fingerprint density at radius 3 is 2.38 bits per heavy atom. The predicted molar refractivity (Wildman–Crippen MR) is 171 cm³/mol. The zero-order valence-corrected chi connectivity index (χ0v) is 28.4. The molecule has 2 aromatic heterocycles. The Bertz CT molecular complexity index is 1510. The Morgan fingerprint density at radius 1 is 1.16 bits per heavy atom. The Kier molecular flexibility index (Phi) is 10.5. The number of amides is 2. The van der Waals surface area contributed by atoms with Crippen LogP contribution in [0.4, 0.5) is 0 Å². The van der Waals surface area contributed by atoms with Gasteiger partial charge >= 0.3 is 5.97 Å². The van der Waals surface area contributed by atoms with Crippen LogP contribution in [0.5, 0.6) is 0 Å². The highest BCUT2D eigenvalue weighted by Gasteiger charge is 2.45. The molecule has 1 aliphatic heterocycles. The molecule has 3 N–H and O–H groups in total. The van der Waals surface area contributed by atoms with E-state index in [9.17, 15) is 24.6 Å². The molecule has 0 spiro atoms. The highest BCUT2D eigenvalue weighted by atomic mass is 32.1. The molecule has 3 aromatic rings. The summed E-state index contributed by atoms with van der Waals surface area (Å²) in [5, 5.41) is 23.2. The number of β-amino-alcohol motifs (C(OH)–C–C–N with tert-alkyl or cyclic N) is 1. The number of aliphatic carboxylic acids is 1. The van der Waals surface area contributed by atoms with Gasteiger partial charge in [0.2, 0.25) is 17.5 Å². The summed E-state index contributed by atoms with van der Waals surface area (Å²) in [5.74, 6) is -1.74. The van der Waals surface area contributed by atoms with Crippen LogP contribution in [0.15, 0.2) is 40.4 Å². The van der Waals surface area contributed by atoms with Crippen molar-refractivity contribution in [3.63, 3.8) is 0 Å². The number of aryl methyl sites for hydroxylation is 2. The summed E-state index contributed by atoms with van der Waals surface area (Å²) in [6.45, 7) is 17.1. The van der Waals surface area contributed by atoms with Crippen molar-refractivity contribution in [3.05, 3.63) is 58.6 Å². The number of carbonyl (C=O) groups excluding carboxylic acids is 2. The van der Waals surface area contributed by atoms with Crippen LogP contribution in [-0.2, 0) is 20.9 Å². The molecule has 0 bridgehead atoms. The monoisotopic (exact) mass is 639 g/mol. The minimum absolute atomic E-state index is 0.00665. The smallest absolute Gasteiger partial charge is 0.305 e. The summed E-state index contributed by atoms with van der Waals surface area (Å²) in [5.41, 5.74) is 5.14. The normalized spacial score (nSPS) is 18.4. The van der Waals surface area contributed by atoms with Gasteiger partial charge in [0.15, 0.2) is 12.3 Å². The molecule has 0 aliphatic carbocycles. The Morgan fingerprint density at radius 2 is 1.82 bits per heavy atom. The summed E-state index contributed by atoms with van der Waals surface area (Å²) < 4.78 is 8.11. The van der Waals surface area contributed by atoms with Crippen LogP contribution in [0.1, 0.15) is 89.1 Å². The van der Waals surface area contributed by atoms with Crippen molar-refractivity contribution in [1.29, 1.82) is 0 Å². The Balaban J connectivity index is 1.56. The maximum Gasteiger partial charge on any atom is 0.305 e. The SMILES string of the molecule is Cc1ncsc1-c1ccc(C(CC(=O)O)NC(=O)C2CC(O)CN2C(=O)C(c2cc(C)[n+](CC(C)(C)C(C)C)o2)C(C)C)cc1. The second-order valence-corrected chi connectivity index (χ2v) is 14.5. The number of nitrogens with one attached hydrogen (secondary N) is 1. The number of benzene rings is 1. The molecule has 11 heteroatoms. The van der Waals surface area contributed by atoms with Crippen LogP contribution < -0.4 is 10.1 Å². The zero-order valence-electron chi connectivity index (χ0n) is 27.5. The standard InChI is InChI=1S/C34H46N4O6S/c1-19(2)30(28-13-21(5)38(44-28)17-34(7,8)20(3)4)33(43)37-16-25(39)14-27(37)32(42)36-26(15-29(40)41)23-9-11-24(12-10-23)31-22(6)35-18-45-31/h9-13,18-20,25-27,30,39H,14-17H2,1-8H3,(H-,36,40,41,42)/p+1. The molecule has 4 atom stereocenters. The lowest BCUT2D eigenvalue weighted by molar-refractivity contribution is -0.877. The van der Waals surface area contributed by atoms with Gasteiger partial charge in [0.25, 0.3) is 0 Å². The van der Waals surface area contributed by atoms with E-state index in [-0.39, 0.29) is 36.6 Å². The number of hydrogen-bond acceptors (Lipinski definition) is 7. The molecule has 45 heavy (non-hydrogen) atoms. The molecule has 0 radical (unpaired) electrons. The van der Waals surface area contributed by atoms with Crippen molar-refractivity contribution in [1.82, 2.24) is 15.2 Å². The number of likely N-dealkylation sites (tertiary alicyclic amines) is 1. The van der Waals surface area contributed by atoms with Gasteiger partial charge in [0, 0.05) is 25.3 Å². The third-order valence-corrected chi connectivity index (χ3v) is 10.2. The van der Waals surface area contributed by atoms with E-state index in [2.05, 4.69) is 38.0 Å². The molecule has 3 heterocycles. The first-order chi connectivity index (χ1) is 21.1. The third kappa shape index (κ3) is 7.81. The fourth-order valence-electron chi connectivity index (χ4n) is 5.72. The highest BCUT2D eigenvalue weighted by molar-refractivity contribution is 7.13. The molecule has 4 rings (SSSR count). The zero-order chi connectivity index (χ0) is 33.2. The van der Waals surface area contributed by atoms with Crippen molar-refractivity contribution < 1.29 is 33.9 Å². The molecule has 0 saturated carbocycles. The van der Waals surface area contributed by atoms with E-state index in [1.165, 1.54) is 16.2 Å².